The van der Waals surface area contributed by atoms with Gasteiger partial charge in [-0.15, -0.1) is 0 Å². The molecule has 0 aliphatic carbocycles. The molecule has 1 heterocycles. The van der Waals surface area contributed by atoms with Gasteiger partial charge in [0.05, 0.1) is 0 Å². The van der Waals surface area contributed by atoms with Crippen LogP contribution in [0.3, 0.4) is 0 Å². The van der Waals surface area contributed by atoms with E-state index < -0.39 is 12.1 Å². The van der Waals surface area contributed by atoms with E-state index in [-0.39, 0.29) is 5.91 Å². The number of carbonyl (C=O) groups is 2. The van der Waals surface area contributed by atoms with Crippen LogP contribution in [0.25, 0.3) is 11.1 Å². The Morgan fingerprint density at radius 2 is 1.59 bits per heavy atom. The van der Waals surface area contributed by atoms with E-state index in [1.165, 1.54) is 23.6 Å². The van der Waals surface area contributed by atoms with Crippen LogP contribution in [0.2, 0.25) is 0 Å². The number of rotatable bonds is 5. The number of likely N-dealkylation sites (tertiary alicyclic amines) is 1. The molecule has 1 aliphatic heterocycles. The van der Waals surface area contributed by atoms with Crippen LogP contribution in [0.4, 0.5) is 0 Å². The molecule has 142 valence electrons. The Morgan fingerprint density at radius 1 is 1.00 bits per heavy atom. The highest BCUT2D eigenvalue weighted by molar-refractivity contribution is 5.83. The maximum atomic E-state index is 12.3. The molecule has 1 atom stereocenters. The normalized spacial score (nSPS) is 16.0. The highest BCUT2D eigenvalue weighted by atomic mass is 16.5. The van der Waals surface area contributed by atoms with Crippen molar-refractivity contribution in [3.63, 3.8) is 0 Å². The van der Waals surface area contributed by atoms with Crippen LogP contribution in [0.5, 0.6) is 0 Å². The molecule has 0 aromatic heterocycles. The van der Waals surface area contributed by atoms with Gasteiger partial charge in [0.25, 0.3) is 5.91 Å². The van der Waals surface area contributed by atoms with Crippen LogP contribution in [0, 0.1) is 5.92 Å². The summed E-state index contributed by atoms with van der Waals surface area (Å²) in [6, 6.07) is 19.2. The van der Waals surface area contributed by atoms with Crippen molar-refractivity contribution in [3.8, 4) is 11.1 Å². The molecule has 0 bridgehead atoms. The lowest BCUT2D eigenvalue weighted by Gasteiger charge is -2.33. The fourth-order valence-electron chi connectivity index (χ4n) is 3.71. The van der Waals surface area contributed by atoms with Crippen LogP contribution >= 0.6 is 0 Å². The molecule has 0 N–H and O–H groups in total. The second-order valence-corrected chi connectivity index (χ2v) is 7.29. The predicted molar refractivity (Wildman–Crippen MR) is 106 cm³/mol. The van der Waals surface area contributed by atoms with Crippen molar-refractivity contribution in [1.29, 1.82) is 0 Å². The minimum atomic E-state index is -0.690. The molecule has 27 heavy (non-hydrogen) atoms. The first kappa shape index (κ1) is 19.2. The lowest BCUT2D eigenvalue weighted by atomic mass is 9.89. The number of hydrogen-bond acceptors (Lipinski definition) is 3. The van der Waals surface area contributed by atoms with Gasteiger partial charge in [0.15, 0.2) is 6.10 Å². The molecule has 1 saturated heterocycles. The SMILES string of the molecule is CC(=O)O[C@@H](C)C(=O)N1CCC(Cc2ccc(-c3ccccc3)cc2)CC1. The summed E-state index contributed by atoms with van der Waals surface area (Å²) < 4.78 is 5.01. The zero-order chi connectivity index (χ0) is 19.2. The summed E-state index contributed by atoms with van der Waals surface area (Å²) in [4.78, 5) is 25.2. The number of piperidine rings is 1. The van der Waals surface area contributed by atoms with E-state index in [1.807, 2.05) is 11.0 Å². The molecule has 2 aromatic carbocycles. The average Bonchev–Trinajstić information content (AvgIpc) is 2.69. The second kappa shape index (κ2) is 8.85. The van der Waals surface area contributed by atoms with Gasteiger partial charge in [-0.05, 0) is 48.8 Å². The molecular weight excluding hydrogens is 338 g/mol. The summed E-state index contributed by atoms with van der Waals surface area (Å²) in [5.74, 6) is 0.0845. The Bertz CT molecular complexity index is 762. The Hall–Kier alpha value is -2.62. The Balaban J connectivity index is 1.50. The van der Waals surface area contributed by atoms with E-state index in [2.05, 4.69) is 48.5 Å². The van der Waals surface area contributed by atoms with Gasteiger partial charge in [0.1, 0.15) is 0 Å². The first-order valence-electron chi connectivity index (χ1n) is 9.63. The molecule has 0 spiro atoms. The van der Waals surface area contributed by atoms with Crippen LogP contribution in [-0.4, -0.2) is 36.0 Å². The van der Waals surface area contributed by atoms with E-state index in [0.717, 1.165) is 32.4 Å². The minimum Gasteiger partial charge on any atom is -0.453 e. The van der Waals surface area contributed by atoms with Crippen LogP contribution in [0.1, 0.15) is 32.3 Å². The number of carbonyl (C=O) groups excluding carboxylic acids is 2. The number of ether oxygens (including phenoxy) is 1. The van der Waals surface area contributed by atoms with E-state index in [9.17, 15) is 9.59 Å². The standard InChI is InChI=1S/C23H27NO3/c1-17(27-18(2)25)23(26)24-14-12-20(13-15-24)16-19-8-10-22(11-9-19)21-6-4-3-5-7-21/h3-11,17,20H,12-16H2,1-2H3/t17-/m0/s1. The minimum absolute atomic E-state index is 0.0872. The molecule has 0 unspecified atom stereocenters. The molecule has 1 fully saturated rings. The number of nitrogens with zero attached hydrogens (tertiary/aromatic N) is 1. The third-order valence-corrected chi connectivity index (χ3v) is 5.20. The summed E-state index contributed by atoms with van der Waals surface area (Å²) in [5, 5.41) is 0. The van der Waals surface area contributed by atoms with Crippen molar-refractivity contribution in [2.45, 2.75) is 39.2 Å². The number of esters is 1. The Kier molecular flexibility index (Phi) is 6.28. The first-order chi connectivity index (χ1) is 13.0. The van der Waals surface area contributed by atoms with E-state index in [1.54, 1.807) is 6.92 Å². The van der Waals surface area contributed by atoms with Gasteiger partial charge in [-0.1, -0.05) is 54.6 Å². The van der Waals surface area contributed by atoms with E-state index in [4.69, 9.17) is 4.74 Å². The van der Waals surface area contributed by atoms with Crippen molar-refractivity contribution in [3.05, 3.63) is 60.2 Å². The zero-order valence-corrected chi connectivity index (χ0v) is 16.1. The highest BCUT2D eigenvalue weighted by Gasteiger charge is 2.27. The maximum absolute atomic E-state index is 12.3. The summed E-state index contributed by atoms with van der Waals surface area (Å²) in [5.41, 5.74) is 3.81. The fraction of sp³-hybridized carbons (Fsp3) is 0.391. The molecule has 1 amide bonds. The van der Waals surface area contributed by atoms with Gasteiger partial charge in [-0.3, -0.25) is 9.59 Å². The fourth-order valence-corrected chi connectivity index (χ4v) is 3.71. The van der Waals surface area contributed by atoms with Gasteiger partial charge in [-0.25, -0.2) is 0 Å². The Labute approximate surface area is 161 Å². The van der Waals surface area contributed by atoms with Crippen molar-refractivity contribution in [1.82, 2.24) is 4.90 Å². The third-order valence-electron chi connectivity index (χ3n) is 5.20. The third kappa shape index (κ3) is 5.19. The highest BCUT2D eigenvalue weighted by Crippen LogP contribution is 2.24. The lowest BCUT2D eigenvalue weighted by molar-refractivity contribution is -0.158. The van der Waals surface area contributed by atoms with Crippen molar-refractivity contribution in [2.24, 2.45) is 5.92 Å². The smallest absolute Gasteiger partial charge is 0.303 e. The maximum Gasteiger partial charge on any atom is 0.303 e. The molecule has 4 heteroatoms. The molecule has 0 saturated carbocycles. The zero-order valence-electron chi connectivity index (χ0n) is 16.1. The number of benzene rings is 2. The molecule has 0 radical (unpaired) electrons. The Morgan fingerprint density at radius 3 is 2.19 bits per heavy atom. The summed E-state index contributed by atoms with van der Waals surface area (Å²) in [6.45, 7) is 4.44. The summed E-state index contributed by atoms with van der Waals surface area (Å²) in [7, 11) is 0. The summed E-state index contributed by atoms with van der Waals surface area (Å²) >= 11 is 0. The lowest BCUT2D eigenvalue weighted by Crippen LogP contribution is -2.44. The van der Waals surface area contributed by atoms with Crippen LogP contribution < -0.4 is 0 Å². The number of hydrogen-bond donors (Lipinski definition) is 0. The van der Waals surface area contributed by atoms with Gasteiger partial charge in [-0.2, -0.15) is 0 Å². The van der Waals surface area contributed by atoms with Gasteiger partial charge in [0, 0.05) is 20.0 Å². The van der Waals surface area contributed by atoms with Gasteiger partial charge in [0.2, 0.25) is 0 Å². The quantitative estimate of drug-likeness (QED) is 0.750. The molecule has 3 rings (SSSR count). The van der Waals surface area contributed by atoms with Gasteiger partial charge >= 0.3 is 5.97 Å². The molecule has 1 aliphatic rings. The van der Waals surface area contributed by atoms with Crippen LogP contribution in [-0.2, 0) is 20.7 Å². The van der Waals surface area contributed by atoms with Crippen molar-refractivity contribution in [2.75, 3.05) is 13.1 Å². The largest absolute Gasteiger partial charge is 0.453 e. The summed E-state index contributed by atoms with van der Waals surface area (Å²) in [6.07, 6.45) is 2.32. The average molecular weight is 365 g/mol. The predicted octanol–water partition coefficient (Wildman–Crippen LogP) is 4.09. The first-order valence-corrected chi connectivity index (χ1v) is 9.63. The van der Waals surface area contributed by atoms with Crippen molar-refractivity contribution >= 4 is 11.9 Å². The molecule has 4 nitrogen and oxygen atoms in total. The van der Waals surface area contributed by atoms with E-state index in [0.29, 0.717) is 5.92 Å². The van der Waals surface area contributed by atoms with E-state index >= 15 is 0 Å². The number of amides is 1. The topological polar surface area (TPSA) is 46.6 Å². The van der Waals surface area contributed by atoms with Crippen LogP contribution in [0.15, 0.2) is 54.6 Å². The monoisotopic (exact) mass is 365 g/mol. The molecular formula is C23H27NO3. The molecule has 2 aromatic rings. The van der Waals surface area contributed by atoms with Crippen molar-refractivity contribution < 1.29 is 14.3 Å². The van der Waals surface area contributed by atoms with Gasteiger partial charge < -0.3 is 9.64 Å². The second-order valence-electron chi connectivity index (χ2n) is 7.29.